The summed E-state index contributed by atoms with van der Waals surface area (Å²) in [6.07, 6.45) is 3.59. The van der Waals surface area contributed by atoms with Crippen LogP contribution in [0.5, 0.6) is 0 Å². The van der Waals surface area contributed by atoms with Crippen molar-refractivity contribution >= 4 is 40.7 Å². The second kappa shape index (κ2) is 11.5. The lowest BCUT2D eigenvalue weighted by molar-refractivity contribution is -0.144. The van der Waals surface area contributed by atoms with Gasteiger partial charge < -0.3 is 19.5 Å². The Labute approximate surface area is 228 Å². The molecule has 1 N–H and O–H groups in total. The Balaban J connectivity index is 1.52. The van der Waals surface area contributed by atoms with Crippen molar-refractivity contribution in [2.24, 2.45) is 10.9 Å². The van der Waals surface area contributed by atoms with Crippen LogP contribution >= 0.6 is 22.9 Å². The standard InChI is InChI=1S/C26H28ClFN4O5S/c1-35-21(33)9-14-7-16-12-37-13-17(8-14)32(16)11-20-22(26(34)36-2)23(18-4-3-15(28)10-19(18)27)31-24(30-20)25-29-5-6-38-25/h3-6,10,14,16-17,23H,7-9,11-13H2,1-2H3,(H,30,31)/t14?,16?,17?,23-/m0/s1. The van der Waals surface area contributed by atoms with Gasteiger partial charge in [-0.1, -0.05) is 17.7 Å². The number of methoxy groups -OCH3 is 2. The fraction of sp³-hybridized carbons (Fsp3) is 0.462. The van der Waals surface area contributed by atoms with Crippen LogP contribution in [0.2, 0.25) is 5.02 Å². The molecule has 0 aliphatic carbocycles. The smallest absolute Gasteiger partial charge is 0.338 e. The van der Waals surface area contributed by atoms with E-state index in [4.69, 9.17) is 30.8 Å². The maximum absolute atomic E-state index is 13.9. The second-order valence-electron chi connectivity index (χ2n) is 9.53. The summed E-state index contributed by atoms with van der Waals surface area (Å²) < 4.78 is 29.8. The van der Waals surface area contributed by atoms with Crippen molar-refractivity contribution in [2.75, 3.05) is 34.0 Å². The minimum atomic E-state index is -0.821. The van der Waals surface area contributed by atoms with Crippen LogP contribution in [0.3, 0.4) is 0 Å². The second-order valence-corrected chi connectivity index (χ2v) is 10.8. The molecule has 3 aliphatic rings. The quantitative estimate of drug-likeness (QED) is 0.512. The number of aliphatic imine (C=N–C) groups is 1. The average Bonchev–Trinajstić information content (AvgIpc) is 3.43. The summed E-state index contributed by atoms with van der Waals surface area (Å²) in [5.74, 6) is -0.556. The van der Waals surface area contributed by atoms with Crippen LogP contribution in [-0.4, -0.2) is 73.7 Å². The third kappa shape index (κ3) is 5.47. The molecule has 1 aromatic carbocycles. The first-order valence-electron chi connectivity index (χ1n) is 12.3. The van der Waals surface area contributed by atoms with Crippen LogP contribution in [0.15, 0.2) is 46.0 Å². The Morgan fingerprint density at radius 3 is 2.63 bits per heavy atom. The number of halogens is 2. The summed E-state index contributed by atoms with van der Waals surface area (Å²) in [4.78, 5) is 36.7. The van der Waals surface area contributed by atoms with Gasteiger partial charge in [-0.15, -0.1) is 11.3 Å². The van der Waals surface area contributed by atoms with Crippen LogP contribution in [0.1, 0.15) is 35.9 Å². The van der Waals surface area contributed by atoms with Crippen molar-refractivity contribution in [3.8, 4) is 0 Å². The lowest BCUT2D eigenvalue weighted by atomic mass is 9.82. The number of ether oxygens (including phenoxy) is 3. The van der Waals surface area contributed by atoms with E-state index in [-0.39, 0.29) is 29.0 Å². The molecule has 2 unspecified atom stereocenters. The first kappa shape index (κ1) is 26.7. The minimum Gasteiger partial charge on any atom is -0.469 e. The summed E-state index contributed by atoms with van der Waals surface area (Å²) in [5.41, 5.74) is 1.41. The van der Waals surface area contributed by atoms with Crippen molar-refractivity contribution in [3.05, 3.63) is 62.5 Å². The fourth-order valence-electron chi connectivity index (χ4n) is 5.50. The van der Waals surface area contributed by atoms with Crippen molar-refractivity contribution in [2.45, 2.75) is 37.4 Å². The van der Waals surface area contributed by atoms with Gasteiger partial charge in [-0.3, -0.25) is 14.7 Å². The van der Waals surface area contributed by atoms with Crippen LogP contribution in [0.4, 0.5) is 4.39 Å². The van der Waals surface area contributed by atoms with E-state index in [2.05, 4.69) is 15.2 Å². The Hall–Kier alpha value is -2.86. The minimum absolute atomic E-state index is 0.0559. The van der Waals surface area contributed by atoms with Gasteiger partial charge in [0.05, 0.1) is 33.0 Å². The van der Waals surface area contributed by atoms with Crippen LogP contribution in [-0.2, 0) is 23.8 Å². The molecule has 2 aromatic rings. The van der Waals surface area contributed by atoms with Gasteiger partial charge in [0.2, 0.25) is 0 Å². The molecule has 1 aromatic heterocycles. The molecule has 0 spiro atoms. The SMILES string of the molecule is COC(=O)CC1CC2COCC(C1)N2CC1=C(C(=O)OC)[C@H](c2ccc(F)cc2Cl)N=C(c2nccs2)N1. The molecule has 3 atom stereocenters. The highest BCUT2D eigenvalue weighted by Crippen LogP contribution is 2.39. The lowest BCUT2D eigenvalue weighted by Crippen LogP contribution is -2.58. The summed E-state index contributed by atoms with van der Waals surface area (Å²) in [7, 11) is 2.72. The maximum atomic E-state index is 13.9. The summed E-state index contributed by atoms with van der Waals surface area (Å²) in [5, 5.41) is 5.99. The maximum Gasteiger partial charge on any atom is 0.338 e. The van der Waals surface area contributed by atoms with E-state index in [1.54, 1.807) is 6.20 Å². The number of amidine groups is 1. The molecule has 0 saturated carbocycles. The highest BCUT2D eigenvalue weighted by atomic mass is 35.5. The Kier molecular flexibility index (Phi) is 8.08. The van der Waals surface area contributed by atoms with Gasteiger partial charge in [0.15, 0.2) is 10.8 Å². The predicted octanol–water partition coefficient (Wildman–Crippen LogP) is 3.50. The number of hydrogen-bond acceptors (Lipinski definition) is 10. The number of fused-ring (bicyclic) bond motifs is 2. The number of thiazole rings is 1. The van der Waals surface area contributed by atoms with Gasteiger partial charge in [-0.05, 0) is 30.9 Å². The van der Waals surface area contributed by atoms with E-state index in [1.807, 2.05) is 5.38 Å². The number of nitrogens with zero attached hydrogens (tertiary/aromatic N) is 3. The van der Waals surface area contributed by atoms with Gasteiger partial charge in [0.1, 0.15) is 11.9 Å². The number of esters is 2. The number of benzene rings is 1. The zero-order valence-corrected chi connectivity index (χ0v) is 22.6. The van der Waals surface area contributed by atoms with Gasteiger partial charge >= 0.3 is 11.9 Å². The van der Waals surface area contributed by atoms with E-state index >= 15 is 0 Å². The molecule has 202 valence electrons. The molecular formula is C26H28ClFN4O5S. The van der Waals surface area contributed by atoms with E-state index in [0.29, 0.717) is 53.9 Å². The predicted molar refractivity (Wildman–Crippen MR) is 139 cm³/mol. The van der Waals surface area contributed by atoms with E-state index < -0.39 is 17.8 Å². The highest BCUT2D eigenvalue weighted by Gasteiger charge is 2.42. The number of rotatable bonds is 7. The highest BCUT2D eigenvalue weighted by molar-refractivity contribution is 7.11. The third-order valence-electron chi connectivity index (χ3n) is 7.22. The van der Waals surface area contributed by atoms with Crippen LogP contribution < -0.4 is 5.32 Å². The molecule has 3 aliphatic heterocycles. The van der Waals surface area contributed by atoms with Crippen molar-refractivity contribution in [1.29, 1.82) is 0 Å². The molecule has 2 fully saturated rings. The van der Waals surface area contributed by atoms with E-state index in [1.165, 1.54) is 43.8 Å². The van der Waals surface area contributed by atoms with Gasteiger partial charge in [-0.2, -0.15) is 0 Å². The molecular weight excluding hydrogens is 535 g/mol. The topological polar surface area (TPSA) is 102 Å². The van der Waals surface area contributed by atoms with E-state index in [0.717, 1.165) is 12.8 Å². The lowest BCUT2D eigenvalue weighted by Gasteiger charge is -2.49. The third-order valence-corrected chi connectivity index (χ3v) is 8.32. The van der Waals surface area contributed by atoms with Gasteiger partial charge in [0.25, 0.3) is 0 Å². The molecule has 4 heterocycles. The van der Waals surface area contributed by atoms with Crippen molar-refractivity contribution < 1.29 is 28.2 Å². The largest absolute Gasteiger partial charge is 0.469 e. The summed E-state index contributed by atoms with van der Waals surface area (Å²) in [6, 6.07) is 3.33. The molecule has 5 rings (SSSR count). The summed E-state index contributed by atoms with van der Waals surface area (Å²) >= 11 is 7.86. The number of morpholine rings is 1. The van der Waals surface area contributed by atoms with Crippen LogP contribution in [0.25, 0.3) is 0 Å². The molecule has 2 bridgehead atoms. The Morgan fingerprint density at radius 2 is 2.00 bits per heavy atom. The number of carbonyl (C=O) groups excluding carboxylic acids is 2. The number of nitrogens with one attached hydrogen (secondary N) is 1. The van der Waals surface area contributed by atoms with Gasteiger partial charge in [-0.25, -0.2) is 14.2 Å². The monoisotopic (exact) mass is 562 g/mol. The zero-order chi connectivity index (χ0) is 26.8. The molecule has 0 radical (unpaired) electrons. The summed E-state index contributed by atoms with van der Waals surface area (Å²) in [6.45, 7) is 1.44. The zero-order valence-electron chi connectivity index (χ0n) is 21.0. The van der Waals surface area contributed by atoms with Gasteiger partial charge in [0, 0.05) is 52.9 Å². The molecule has 9 nitrogen and oxygen atoms in total. The Morgan fingerprint density at radius 1 is 1.24 bits per heavy atom. The molecule has 12 heteroatoms. The van der Waals surface area contributed by atoms with Crippen LogP contribution in [0, 0.1) is 11.7 Å². The van der Waals surface area contributed by atoms with Crippen molar-refractivity contribution in [3.63, 3.8) is 0 Å². The number of piperidine rings is 1. The molecule has 38 heavy (non-hydrogen) atoms. The normalized spacial score (nSPS) is 25.4. The molecule has 2 saturated heterocycles. The number of carbonyl (C=O) groups is 2. The average molecular weight is 563 g/mol. The van der Waals surface area contributed by atoms with Crippen molar-refractivity contribution in [1.82, 2.24) is 15.2 Å². The van der Waals surface area contributed by atoms with E-state index in [9.17, 15) is 14.0 Å². The first-order valence-corrected chi connectivity index (χ1v) is 13.5. The fourth-order valence-corrected chi connectivity index (χ4v) is 6.36. The number of aromatic nitrogens is 1. The first-order chi connectivity index (χ1) is 18.4. The number of hydrogen-bond donors (Lipinski definition) is 1. The molecule has 0 amide bonds. The Bertz CT molecular complexity index is 1260.